The highest BCUT2D eigenvalue weighted by atomic mass is 79.9. The second-order valence-electron chi connectivity index (χ2n) is 4.03. The molecule has 0 radical (unpaired) electrons. The first-order valence-corrected chi connectivity index (χ1v) is 7.24. The molecule has 0 aromatic heterocycles. The molecule has 1 N–H and O–H groups in total. The molecule has 1 heterocycles. The van der Waals surface area contributed by atoms with E-state index in [1.165, 1.54) is 28.0 Å². The van der Waals surface area contributed by atoms with Gasteiger partial charge in [0.05, 0.1) is 0 Å². The number of nitrogens with one attached hydrogen (secondary N) is 1. The average Bonchev–Trinajstić information content (AvgIpc) is 2.65. The number of rotatable bonds is 3. The van der Waals surface area contributed by atoms with Gasteiger partial charge in [0.15, 0.2) is 0 Å². The van der Waals surface area contributed by atoms with Crippen LogP contribution in [0.4, 0.5) is 0 Å². The molecule has 82 valence electrons. The van der Waals surface area contributed by atoms with E-state index in [4.69, 9.17) is 0 Å². The van der Waals surface area contributed by atoms with Crippen molar-refractivity contribution >= 4 is 27.7 Å². The monoisotopic (exact) mass is 285 g/mol. The van der Waals surface area contributed by atoms with Crippen LogP contribution in [0.15, 0.2) is 28.7 Å². The molecule has 1 nitrogen and oxygen atoms in total. The molecule has 0 spiro atoms. The molecule has 1 saturated heterocycles. The van der Waals surface area contributed by atoms with Crippen LogP contribution in [0.25, 0.3) is 0 Å². The van der Waals surface area contributed by atoms with E-state index in [0.29, 0.717) is 6.04 Å². The zero-order valence-electron chi connectivity index (χ0n) is 8.87. The molecule has 1 aromatic carbocycles. The largest absolute Gasteiger partial charge is 0.316 e. The topological polar surface area (TPSA) is 12.0 Å². The van der Waals surface area contributed by atoms with Crippen molar-refractivity contribution in [3.05, 3.63) is 34.3 Å². The van der Waals surface area contributed by atoms with E-state index >= 15 is 0 Å². The van der Waals surface area contributed by atoms with Crippen molar-refractivity contribution < 1.29 is 0 Å². The summed E-state index contributed by atoms with van der Waals surface area (Å²) in [6, 6.07) is 9.35. The van der Waals surface area contributed by atoms with Crippen LogP contribution in [0, 0.1) is 5.92 Å². The van der Waals surface area contributed by atoms with Crippen molar-refractivity contribution in [3.8, 4) is 0 Å². The standard InChI is InChI=1S/C12H16BrNS/c1-14-12-8-15-7-10(12)5-9-3-2-4-11(13)6-9/h2-4,6,10,12,14H,5,7-8H2,1H3. The Hall–Kier alpha value is 0.01000. The quantitative estimate of drug-likeness (QED) is 0.917. The van der Waals surface area contributed by atoms with Gasteiger partial charge in [0, 0.05) is 16.3 Å². The highest BCUT2D eigenvalue weighted by molar-refractivity contribution is 9.10. The lowest BCUT2D eigenvalue weighted by Gasteiger charge is -2.17. The predicted octanol–water partition coefficient (Wildman–Crippen LogP) is 2.94. The second kappa shape index (κ2) is 5.37. The van der Waals surface area contributed by atoms with Crippen molar-refractivity contribution in [2.75, 3.05) is 18.6 Å². The minimum Gasteiger partial charge on any atom is -0.316 e. The van der Waals surface area contributed by atoms with E-state index in [1.54, 1.807) is 0 Å². The third-order valence-corrected chi connectivity index (χ3v) is 4.71. The van der Waals surface area contributed by atoms with Gasteiger partial charge < -0.3 is 5.32 Å². The summed E-state index contributed by atoms with van der Waals surface area (Å²) >= 11 is 5.59. The van der Waals surface area contributed by atoms with Crippen LogP contribution in [-0.2, 0) is 6.42 Å². The molecule has 1 aliphatic rings. The molecule has 2 atom stereocenters. The van der Waals surface area contributed by atoms with E-state index in [-0.39, 0.29) is 0 Å². The third-order valence-electron chi connectivity index (χ3n) is 2.96. The van der Waals surface area contributed by atoms with Gasteiger partial charge in [0.25, 0.3) is 0 Å². The molecule has 0 saturated carbocycles. The van der Waals surface area contributed by atoms with Crippen molar-refractivity contribution in [2.45, 2.75) is 12.5 Å². The Morgan fingerprint density at radius 1 is 1.47 bits per heavy atom. The van der Waals surface area contributed by atoms with E-state index in [1.807, 2.05) is 0 Å². The predicted molar refractivity (Wildman–Crippen MR) is 71.5 cm³/mol. The van der Waals surface area contributed by atoms with Crippen LogP contribution in [0.2, 0.25) is 0 Å². The Labute approximate surface area is 104 Å². The van der Waals surface area contributed by atoms with Gasteiger partial charge in [-0.2, -0.15) is 11.8 Å². The smallest absolute Gasteiger partial charge is 0.0194 e. The first-order valence-electron chi connectivity index (χ1n) is 5.29. The van der Waals surface area contributed by atoms with E-state index in [0.717, 1.165) is 5.92 Å². The number of benzene rings is 1. The average molecular weight is 286 g/mol. The summed E-state index contributed by atoms with van der Waals surface area (Å²) in [4.78, 5) is 0. The molecular formula is C12H16BrNS. The fraction of sp³-hybridized carbons (Fsp3) is 0.500. The Morgan fingerprint density at radius 2 is 2.33 bits per heavy atom. The van der Waals surface area contributed by atoms with Crippen LogP contribution in [0.5, 0.6) is 0 Å². The molecule has 15 heavy (non-hydrogen) atoms. The van der Waals surface area contributed by atoms with Gasteiger partial charge in [-0.05, 0) is 42.8 Å². The number of hydrogen-bond donors (Lipinski definition) is 1. The molecule has 1 aliphatic heterocycles. The second-order valence-corrected chi connectivity index (χ2v) is 6.02. The Kier molecular flexibility index (Phi) is 4.12. The van der Waals surface area contributed by atoms with Crippen LogP contribution >= 0.6 is 27.7 Å². The Morgan fingerprint density at radius 3 is 3.07 bits per heavy atom. The minimum absolute atomic E-state index is 0.689. The van der Waals surface area contributed by atoms with Crippen LogP contribution in [-0.4, -0.2) is 24.6 Å². The highest BCUT2D eigenvalue weighted by Crippen LogP contribution is 2.27. The number of thioether (sulfide) groups is 1. The van der Waals surface area contributed by atoms with Gasteiger partial charge in [-0.15, -0.1) is 0 Å². The van der Waals surface area contributed by atoms with Crippen molar-refractivity contribution in [1.82, 2.24) is 5.32 Å². The maximum absolute atomic E-state index is 3.52. The van der Waals surface area contributed by atoms with E-state index in [2.05, 4.69) is 64.3 Å². The van der Waals surface area contributed by atoms with Crippen molar-refractivity contribution in [3.63, 3.8) is 0 Å². The van der Waals surface area contributed by atoms with Crippen LogP contribution < -0.4 is 5.32 Å². The molecule has 1 fully saturated rings. The summed E-state index contributed by atoms with van der Waals surface area (Å²) < 4.78 is 1.19. The first-order chi connectivity index (χ1) is 7.29. The lowest BCUT2D eigenvalue weighted by Crippen LogP contribution is -2.33. The fourth-order valence-electron chi connectivity index (χ4n) is 2.09. The zero-order valence-corrected chi connectivity index (χ0v) is 11.3. The first kappa shape index (κ1) is 11.5. The van der Waals surface area contributed by atoms with Gasteiger partial charge >= 0.3 is 0 Å². The van der Waals surface area contributed by atoms with E-state index < -0.39 is 0 Å². The van der Waals surface area contributed by atoms with Crippen LogP contribution in [0.1, 0.15) is 5.56 Å². The highest BCUT2D eigenvalue weighted by Gasteiger charge is 2.26. The molecule has 2 rings (SSSR count). The van der Waals surface area contributed by atoms with Crippen LogP contribution in [0.3, 0.4) is 0 Å². The molecule has 0 aliphatic carbocycles. The summed E-state index contributed by atoms with van der Waals surface area (Å²) in [5, 5.41) is 3.42. The molecule has 0 amide bonds. The molecule has 0 bridgehead atoms. The summed E-state index contributed by atoms with van der Waals surface area (Å²) in [5.41, 5.74) is 1.44. The Balaban J connectivity index is 2.02. The van der Waals surface area contributed by atoms with Gasteiger partial charge in [0.2, 0.25) is 0 Å². The van der Waals surface area contributed by atoms with E-state index in [9.17, 15) is 0 Å². The van der Waals surface area contributed by atoms with Crippen molar-refractivity contribution in [2.24, 2.45) is 5.92 Å². The summed E-state index contributed by atoms with van der Waals surface area (Å²) in [7, 11) is 2.07. The minimum atomic E-state index is 0.689. The lowest BCUT2D eigenvalue weighted by atomic mass is 9.95. The number of hydrogen-bond acceptors (Lipinski definition) is 2. The zero-order chi connectivity index (χ0) is 10.7. The summed E-state index contributed by atoms with van der Waals surface area (Å²) in [5.74, 6) is 3.34. The van der Waals surface area contributed by atoms with Gasteiger partial charge in [0.1, 0.15) is 0 Å². The Bertz CT molecular complexity index is 329. The normalized spacial score (nSPS) is 25.7. The van der Waals surface area contributed by atoms with Gasteiger partial charge in [-0.3, -0.25) is 0 Å². The lowest BCUT2D eigenvalue weighted by molar-refractivity contribution is 0.453. The third kappa shape index (κ3) is 2.99. The SMILES string of the molecule is CNC1CSCC1Cc1cccc(Br)c1. The van der Waals surface area contributed by atoms with Crippen molar-refractivity contribution in [1.29, 1.82) is 0 Å². The maximum Gasteiger partial charge on any atom is 0.0194 e. The van der Waals surface area contributed by atoms with Gasteiger partial charge in [-0.25, -0.2) is 0 Å². The van der Waals surface area contributed by atoms with Gasteiger partial charge in [-0.1, -0.05) is 28.1 Å². The molecule has 1 aromatic rings. The summed E-state index contributed by atoms with van der Waals surface area (Å²) in [6.45, 7) is 0. The fourth-order valence-corrected chi connectivity index (χ4v) is 4.01. The molecule has 3 heteroatoms. The maximum atomic E-state index is 3.52. The molecular weight excluding hydrogens is 270 g/mol. The number of halogens is 1. The molecule has 2 unspecified atom stereocenters. The summed E-state index contributed by atoms with van der Waals surface area (Å²) in [6.07, 6.45) is 1.19.